The molecule has 0 aromatic carbocycles. The van der Waals surface area contributed by atoms with E-state index in [0.29, 0.717) is 5.54 Å². The maximum absolute atomic E-state index is 6.00. The van der Waals surface area contributed by atoms with Gasteiger partial charge in [0.25, 0.3) is 0 Å². The zero-order chi connectivity index (χ0) is 8.06. The molecule has 2 aliphatic carbocycles. The van der Waals surface area contributed by atoms with Crippen molar-refractivity contribution in [3.05, 3.63) is 0 Å². The lowest BCUT2D eigenvalue weighted by molar-refractivity contribution is 0.477. The number of halogens is 3. The molecule has 0 aromatic rings. The predicted molar refractivity (Wildman–Crippen MR) is 52.5 cm³/mol. The quantitative estimate of drug-likeness (QED) is 0.474. The molecule has 0 radical (unpaired) electrons. The van der Waals surface area contributed by atoms with Crippen LogP contribution in [0.5, 0.6) is 0 Å². The molecular formula is C7H11Cl3Si. The molecule has 64 valence electrons. The summed E-state index contributed by atoms with van der Waals surface area (Å²) < 4.78 is 0. The van der Waals surface area contributed by atoms with Crippen molar-refractivity contribution in [2.24, 2.45) is 11.8 Å². The summed E-state index contributed by atoms with van der Waals surface area (Å²) in [7, 11) is 0. The molecule has 2 bridgehead atoms. The van der Waals surface area contributed by atoms with Crippen LogP contribution in [0.3, 0.4) is 0 Å². The molecule has 0 nitrogen and oxygen atoms in total. The van der Waals surface area contributed by atoms with Crippen molar-refractivity contribution in [1.29, 1.82) is 0 Å². The molecule has 0 heterocycles. The van der Waals surface area contributed by atoms with E-state index in [1.54, 1.807) is 0 Å². The van der Waals surface area contributed by atoms with Gasteiger partial charge in [-0.1, -0.05) is 12.8 Å². The zero-order valence-corrected chi connectivity index (χ0v) is 9.46. The Kier molecular flexibility index (Phi) is 2.20. The normalized spacial score (nSPS) is 43.4. The first-order valence-corrected chi connectivity index (χ1v) is 9.25. The Morgan fingerprint density at radius 1 is 1.00 bits per heavy atom. The Bertz CT molecular complexity index is 166. The van der Waals surface area contributed by atoms with Crippen LogP contribution in [-0.4, -0.2) is 6.00 Å². The first kappa shape index (κ1) is 8.67. The minimum Gasteiger partial charge on any atom is -0.126 e. The highest BCUT2D eigenvalue weighted by molar-refractivity contribution is 7.65. The number of fused-ring (bicyclic) bond motifs is 2. The van der Waals surface area contributed by atoms with Crippen molar-refractivity contribution in [2.45, 2.75) is 31.2 Å². The Balaban J connectivity index is 2.08. The van der Waals surface area contributed by atoms with Gasteiger partial charge in [0.1, 0.15) is 0 Å². The van der Waals surface area contributed by atoms with Crippen LogP contribution >= 0.6 is 33.2 Å². The minimum absolute atomic E-state index is 0.478. The molecule has 0 N–H and O–H groups in total. The van der Waals surface area contributed by atoms with Crippen LogP contribution in [0.15, 0.2) is 0 Å². The molecular weight excluding hydrogens is 219 g/mol. The average molecular weight is 230 g/mol. The van der Waals surface area contributed by atoms with Gasteiger partial charge in [-0.25, -0.2) is 0 Å². The molecule has 2 fully saturated rings. The molecule has 4 heteroatoms. The molecule has 2 saturated carbocycles. The third kappa shape index (κ3) is 1.58. The van der Waals surface area contributed by atoms with Crippen molar-refractivity contribution in [2.75, 3.05) is 0 Å². The molecule has 3 atom stereocenters. The predicted octanol–water partition coefficient (Wildman–Crippen LogP) is 3.83. The largest absolute Gasteiger partial charge is 0.344 e. The van der Waals surface area contributed by atoms with Gasteiger partial charge < -0.3 is 0 Å². The van der Waals surface area contributed by atoms with Crippen molar-refractivity contribution >= 4 is 39.2 Å². The third-order valence-electron chi connectivity index (χ3n) is 3.16. The smallest absolute Gasteiger partial charge is 0.126 e. The zero-order valence-electron chi connectivity index (χ0n) is 6.19. The molecule has 2 aliphatic rings. The summed E-state index contributed by atoms with van der Waals surface area (Å²) in [6.45, 7) is 0. The van der Waals surface area contributed by atoms with Gasteiger partial charge >= 0.3 is 6.00 Å². The first-order valence-electron chi connectivity index (χ1n) is 4.14. The monoisotopic (exact) mass is 228 g/mol. The summed E-state index contributed by atoms with van der Waals surface area (Å²) in [5.74, 6) is 1.66. The lowest BCUT2D eigenvalue weighted by Crippen LogP contribution is -2.24. The van der Waals surface area contributed by atoms with E-state index in [1.165, 1.54) is 25.7 Å². The summed E-state index contributed by atoms with van der Waals surface area (Å²) in [6.07, 6.45) is 5.24. The van der Waals surface area contributed by atoms with Crippen LogP contribution in [0.1, 0.15) is 25.7 Å². The summed E-state index contributed by atoms with van der Waals surface area (Å²) in [5, 5.41) is 0. The Morgan fingerprint density at radius 3 is 2.00 bits per heavy atom. The molecule has 0 unspecified atom stereocenters. The van der Waals surface area contributed by atoms with E-state index < -0.39 is 6.00 Å². The van der Waals surface area contributed by atoms with E-state index in [1.807, 2.05) is 0 Å². The highest BCUT2D eigenvalue weighted by Crippen LogP contribution is 2.58. The van der Waals surface area contributed by atoms with Gasteiger partial charge in [0.2, 0.25) is 0 Å². The van der Waals surface area contributed by atoms with Crippen LogP contribution in [-0.2, 0) is 0 Å². The second kappa shape index (κ2) is 2.80. The Hall–Kier alpha value is 1.09. The second-order valence-corrected chi connectivity index (χ2v) is 12.8. The lowest BCUT2D eigenvalue weighted by Gasteiger charge is -2.25. The molecule has 11 heavy (non-hydrogen) atoms. The van der Waals surface area contributed by atoms with Gasteiger partial charge in [-0.15, -0.1) is 33.2 Å². The van der Waals surface area contributed by atoms with Gasteiger partial charge in [-0.3, -0.25) is 0 Å². The summed E-state index contributed by atoms with van der Waals surface area (Å²) >= 11 is 18.0. The fraction of sp³-hybridized carbons (Fsp3) is 1.00. The van der Waals surface area contributed by atoms with Crippen molar-refractivity contribution < 1.29 is 0 Å². The van der Waals surface area contributed by atoms with Crippen LogP contribution in [0, 0.1) is 11.8 Å². The van der Waals surface area contributed by atoms with Gasteiger partial charge in [0, 0.05) is 0 Å². The fourth-order valence-electron chi connectivity index (χ4n) is 2.65. The van der Waals surface area contributed by atoms with Crippen LogP contribution in [0.4, 0.5) is 0 Å². The maximum atomic E-state index is 6.00. The topological polar surface area (TPSA) is 0 Å². The van der Waals surface area contributed by atoms with E-state index in [-0.39, 0.29) is 0 Å². The van der Waals surface area contributed by atoms with E-state index in [2.05, 4.69) is 0 Å². The first-order chi connectivity index (χ1) is 5.07. The summed E-state index contributed by atoms with van der Waals surface area (Å²) in [4.78, 5) is 0. The lowest BCUT2D eigenvalue weighted by atomic mass is 10.0. The standard InChI is InChI=1S/C7H11Cl3Si/c8-11(9,10)7-4-5-1-2-6(7)3-5/h5-7H,1-4H2/t5-,6-,7+/m0/s1. The SMILES string of the molecule is Cl[Si](Cl)(Cl)[C@@H]1C[C@H]2CC[C@H]1C2. The summed E-state index contributed by atoms with van der Waals surface area (Å²) in [6, 6.07) is -2.36. The van der Waals surface area contributed by atoms with Crippen molar-refractivity contribution in [3.63, 3.8) is 0 Å². The van der Waals surface area contributed by atoms with Gasteiger partial charge in [0.15, 0.2) is 0 Å². The highest BCUT2D eigenvalue weighted by atomic mass is 35.8. The molecule has 0 spiro atoms. The highest BCUT2D eigenvalue weighted by Gasteiger charge is 2.50. The van der Waals surface area contributed by atoms with Crippen LogP contribution in [0.25, 0.3) is 0 Å². The second-order valence-electron chi connectivity index (χ2n) is 3.82. The number of rotatable bonds is 1. The molecule has 0 amide bonds. The third-order valence-corrected chi connectivity index (χ3v) is 7.23. The fourth-order valence-corrected chi connectivity index (χ4v) is 6.49. The van der Waals surface area contributed by atoms with Crippen molar-refractivity contribution in [1.82, 2.24) is 0 Å². The Labute approximate surface area is 82.3 Å². The molecule has 0 saturated heterocycles. The number of hydrogen-bond donors (Lipinski definition) is 0. The molecule has 0 aliphatic heterocycles. The van der Waals surface area contributed by atoms with Crippen LogP contribution in [0.2, 0.25) is 5.54 Å². The van der Waals surface area contributed by atoms with E-state index in [9.17, 15) is 0 Å². The van der Waals surface area contributed by atoms with Gasteiger partial charge in [-0.2, -0.15) is 0 Å². The van der Waals surface area contributed by atoms with Crippen LogP contribution < -0.4 is 0 Å². The van der Waals surface area contributed by atoms with E-state index in [4.69, 9.17) is 33.2 Å². The van der Waals surface area contributed by atoms with Gasteiger partial charge in [0.05, 0.1) is 0 Å². The van der Waals surface area contributed by atoms with Crippen molar-refractivity contribution in [3.8, 4) is 0 Å². The van der Waals surface area contributed by atoms with Gasteiger partial charge in [-0.05, 0) is 30.2 Å². The molecule has 0 aromatic heterocycles. The van der Waals surface area contributed by atoms with E-state index >= 15 is 0 Å². The minimum atomic E-state index is -2.36. The number of hydrogen-bond acceptors (Lipinski definition) is 0. The molecule has 2 rings (SSSR count). The summed E-state index contributed by atoms with van der Waals surface area (Å²) in [5.41, 5.74) is 0.478. The average Bonchev–Trinajstić information content (AvgIpc) is 2.42. The van der Waals surface area contributed by atoms with E-state index in [0.717, 1.165) is 11.8 Å². The maximum Gasteiger partial charge on any atom is 0.344 e. The Morgan fingerprint density at radius 2 is 1.73 bits per heavy atom.